The Bertz CT molecular complexity index is 822. The topological polar surface area (TPSA) is 66.5 Å². The van der Waals surface area contributed by atoms with Crippen LogP contribution in [0, 0.1) is 11.6 Å². The van der Waals surface area contributed by atoms with Gasteiger partial charge in [-0.3, -0.25) is 9.10 Å². The first kappa shape index (κ1) is 18.9. The first-order valence-electron chi connectivity index (χ1n) is 7.54. The van der Waals surface area contributed by atoms with Gasteiger partial charge in [0.25, 0.3) is 0 Å². The zero-order valence-corrected chi connectivity index (χ0v) is 14.4. The number of nitrogens with one attached hydrogen (secondary N) is 1. The minimum Gasteiger partial charge on any atom is -0.326 e. The van der Waals surface area contributed by atoms with Gasteiger partial charge in [0, 0.05) is 18.7 Å². The minimum atomic E-state index is -3.55. The van der Waals surface area contributed by atoms with Gasteiger partial charge >= 0.3 is 0 Å². The molecule has 0 spiro atoms. The van der Waals surface area contributed by atoms with E-state index in [0.717, 1.165) is 10.6 Å². The monoisotopic (exact) mass is 368 g/mol. The molecule has 0 saturated heterocycles. The molecule has 0 heterocycles. The van der Waals surface area contributed by atoms with Crippen molar-refractivity contribution >= 4 is 27.3 Å². The van der Waals surface area contributed by atoms with Gasteiger partial charge in [-0.25, -0.2) is 17.2 Å². The maximum absolute atomic E-state index is 13.0. The lowest BCUT2D eigenvalue weighted by Gasteiger charge is -2.22. The molecule has 0 saturated carbocycles. The predicted molar refractivity (Wildman–Crippen MR) is 92.9 cm³/mol. The largest absolute Gasteiger partial charge is 0.326 e. The van der Waals surface area contributed by atoms with Crippen LogP contribution >= 0.6 is 0 Å². The van der Waals surface area contributed by atoms with Crippen molar-refractivity contribution in [3.8, 4) is 0 Å². The number of nitrogens with zero attached hydrogens (tertiary/aromatic N) is 1. The summed E-state index contributed by atoms with van der Waals surface area (Å²) in [6.07, 6.45) is 1.41. The second-order valence-electron chi connectivity index (χ2n) is 5.47. The first-order chi connectivity index (χ1) is 11.8. The maximum atomic E-state index is 13.0. The van der Waals surface area contributed by atoms with Crippen molar-refractivity contribution in [2.45, 2.75) is 12.8 Å². The zero-order valence-electron chi connectivity index (χ0n) is 13.6. The average molecular weight is 368 g/mol. The third-order valence-corrected chi connectivity index (χ3v) is 4.60. The number of anilines is 2. The summed E-state index contributed by atoms with van der Waals surface area (Å²) in [5.74, 6) is -1.17. The molecule has 8 heteroatoms. The van der Waals surface area contributed by atoms with E-state index in [1.165, 1.54) is 48.5 Å². The molecule has 134 valence electrons. The Morgan fingerprint density at radius 1 is 1.00 bits per heavy atom. The van der Waals surface area contributed by atoms with Crippen molar-refractivity contribution in [3.63, 3.8) is 0 Å². The fraction of sp³-hybridized carbons (Fsp3) is 0.235. The van der Waals surface area contributed by atoms with Crippen LogP contribution in [0.25, 0.3) is 0 Å². The number of sulfonamides is 1. The highest BCUT2D eigenvalue weighted by atomic mass is 32.2. The third kappa shape index (κ3) is 5.82. The Morgan fingerprint density at radius 2 is 1.52 bits per heavy atom. The summed E-state index contributed by atoms with van der Waals surface area (Å²) in [5.41, 5.74) is 0.799. The second kappa shape index (κ2) is 8.06. The van der Waals surface area contributed by atoms with Gasteiger partial charge in [-0.1, -0.05) is 0 Å². The Hall–Kier alpha value is -2.48. The average Bonchev–Trinajstić information content (AvgIpc) is 2.54. The summed E-state index contributed by atoms with van der Waals surface area (Å²) < 4.78 is 50.8. The number of benzene rings is 2. The van der Waals surface area contributed by atoms with Gasteiger partial charge in [0.15, 0.2) is 0 Å². The molecular formula is C17H18F2N2O3S. The minimum absolute atomic E-state index is 0.0846. The molecule has 2 aromatic rings. The molecular weight excluding hydrogens is 350 g/mol. The van der Waals surface area contributed by atoms with Crippen LogP contribution in [-0.2, 0) is 14.8 Å². The van der Waals surface area contributed by atoms with Gasteiger partial charge in [0.1, 0.15) is 11.6 Å². The van der Waals surface area contributed by atoms with Crippen molar-refractivity contribution in [1.82, 2.24) is 0 Å². The van der Waals surface area contributed by atoms with Crippen molar-refractivity contribution in [2.24, 2.45) is 0 Å². The number of hydrogen-bond acceptors (Lipinski definition) is 3. The van der Waals surface area contributed by atoms with Gasteiger partial charge in [-0.2, -0.15) is 0 Å². The van der Waals surface area contributed by atoms with Crippen molar-refractivity contribution in [1.29, 1.82) is 0 Å². The van der Waals surface area contributed by atoms with E-state index in [4.69, 9.17) is 0 Å². The molecule has 0 bridgehead atoms. The van der Waals surface area contributed by atoms with E-state index in [2.05, 4.69) is 5.32 Å². The van der Waals surface area contributed by atoms with Gasteiger partial charge in [-0.15, -0.1) is 0 Å². The lowest BCUT2D eigenvalue weighted by Crippen LogP contribution is -2.31. The standard InChI is InChI=1S/C17H18F2N2O3S/c1-25(23,24)21(16-10-6-14(19)7-11-16)12-2-3-17(22)20-15-8-4-13(18)5-9-15/h4-11H,2-3,12H2,1H3,(H,20,22). The summed E-state index contributed by atoms with van der Waals surface area (Å²) in [6.45, 7) is 0.0846. The molecule has 25 heavy (non-hydrogen) atoms. The second-order valence-corrected chi connectivity index (χ2v) is 7.38. The molecule has 1 amide bonds. The molecule has 0 aliphatic carbocycles. The lowest BCUT2D eigenvalue weighted by molar-refractivity contribution is -0.116. The van der Waals surface area contributed by atoms with Crippen LogP contribution in [0.1, 0.15) is 12.8 Å². The number of amides is 1. The highest BCUT2D eigenvalue weighted by Crippen LogP contribution is 2.19. The fourth-order valence-corrected chi connectivity index (χ4v) is 3.20. The van der Waals surface area contributed by atoms with Crippen LogP contribution in [0.5, 0.6) is 0 Å². The highest BCUT2D eigenvalue weighted by Gasteiger charge is 2.17. The van der Waals surface area contributed by atoms with E-state index in [9.17, 15) is 22.0 Å². The Kier molecular flexibility index (Phi) is 6.08. The van der Waals surface area contributed by atoms with E-state index >= 15 is 0 Å². The SMILES string of the molecule is CS(=O)(=O)N(CCCC(=O)Nc1ccc(F)cc1)c1ccc(F)cc1. The summed E-state index contributed by atoms with van der Waals surface area (Å²) in [7, 11) is -3.55. The van der Waals surface area contributed by atoms with Crippen LogP contribution in [0.2, 0.25) is 0 Å². The fourth-order valence-electron chi connectivity index (χ4n) is 2.23. The summed E-state index contributed by atoms with van der Waals surface area (Å²) in [5, 5.41) is 2.61. The van der Waals surface area contributed by atoms with Gasteiger partial charge in [0.05, 0.1) is 11.9 Å². The number of carbonyl (C=O) groups is 1. The van der Waals surface area contributed by atoms with Crippen LogP contribution in [0.15, 0.2) is 48.5 Å². The van der Waals surface area contributed by atoms with E-state index < -0.39 is 21.7 Å². The smallest absolute Gasteiger partial charge is 0.232 e. The summed E-state index contributed by atoms with van der Waals surface area (Å²) >= 11 is 0. The Morgan fingerprint density at radius 3 is 2.04 bits per heavy atom. The molecule has 5 nitrogen and oxygen atoms in total. The molecule has 0 radical (unpaired) electrons. The van der Waals surface area contributed by atoms with Gasteiger partial charge < -0.3 is 5.32 Å². The van der Waals surface area contributed by atoms with Crippen LogP contribution < -0.4 is 9.62 Å². The van der Waals surface area contributed by atoms with Crippen LogP contribution in [0.3, 0.4) is 0 Å². The summed E-state index contributed by atoms with van der Waals surface area (Å²) in [6, 6.07) is 10.4. The lowest BCUT2D eigenvalue weighted by atomic mass is 10.2. The Balaban J connectivity index is 1.93. The number of carbonyl (C=O) groups excluding carboxylic acids is 1. The highest BCUT2D eigenvalue weighted by molar-refractivity contribution is 7.92. The predicted octanol–water partition coefficient (Wildman–Crippen LogP) is 3.15. The molecule has 2 aromatic carbocycles. The molecule has 0 fully saturated rings. The maximum Gasteiger partial charge on any atom is 0.232 e. The third-order valence-electron chi connectivity index (χ3n) is 3.41. The normalized spacial score (nSPS) is 11.2. The van der Waals surface area contributed by atoms with Gasteiger partial charge in [-0.05, 0) is 55.0 Å². The van der Waals surface area contributed by atoms with E-state index in [1.807, 2.05) is 0 Å². The Labute approximate surface area is 145 Å². The van der Waals surface area contributed by atoms with Crippen LogP contribution in [0.4, 0.5) is 20.2 Å². The molecule has 0 aliphatic rings. The molecule has 0 unspecified atom stereocenters. The summed E-state index contributed by atoms with van der Waals surface area (Å²) in [4.78, 5) is 11.9. The zero-order chi connectivity index (χ0) is 18.4. The molecule has 2 rings (SSSR count). The number of hydrogen-bond donors (Lipinski definition) is 1. The molecule has 0 aliphatic heterocycles. The van der Waals surface area contributed by atoms with E-state index in [1.54, 1.807) is 0 Å². The molecule has 1 N–H and O–H groups in total. The van der Waals surface area contributed by atoms with E-state index in [-0.39, 0.29) is 25.3 Å². The van der Waals surface area contributed by atoms with Crippen molar-refractivity contribution in [2.75, 3.05) is 22.4 Å². The van der Waals surface area contributed by atoms with Crippen LogP contribution in [-0.4, -0.2) is 27.1 Å². The number of rotatable bonds is 7. The molecule has 0 atom stereocenters. The number of halogens is 2. The first-order valence-corrected chi connectivity index (χ1v) is 9.39. The van der Waals surface area contributed by atoms with Crippen molar-refractivity contribution in [3.05, 3.63) is 60.2 Å². The molecule has 0 aromatic heterocycles. The van der Waals surface area contributed by atoms with Gasteiger partial charge in [0.2, 0.25) is 15.9 Å². The van der Waals surface area contributed by atoms with E-state index in [0.29, 0.717) is 11.4 Å². The quantitative estimate of drug-likeness (QED) is 0.816. The van der Waals surface area contributed by atoms with Crippen molar-refractivity contribution < 1.29 is 22.0 Å².